The first-order valence-corrected chi connectivity index (χ1v) is 10.4. The highest BCUT2D eigenvalue weighted by Gasteiger charge is 2.10. The van der Waals surface area contributed by atoms with Gasteiger partial charge in [-0.25, -0.2) is 0 Å². The Labute approximate surface area is 143 Å². The molecule has 0 amide bonds. The average Bonchev–Trinajstić information content (AvgIpc) is 2.56. The lowest BCUT2D eigenvalue weighted by Crippen LogP contribution is -2.06. The SMILES string of the molecule is Cc1ccc(CO)cc1Nc1ccnc2ccc([SH](C)(C)=O)cc12. The monoisotopic (exact) mass is 342 g/mol. The molecule has 4 nitrogen and oxygen atoms in total. The first-order chi connectivity index (χ1) is 11.4. The molecule has 0 spiro atoms. The minimum Gasteiger partial charge on any atom is -0.392 e. The fourth-order valence-corrected chi connectivity index (χ4v) is 3.50. The van der Waals surface area contributed by atoms with Crippen LogP contribution in [-0.2, 0) is 16.5 Å². The van der Waals surface area contributed by atoms with Crippen LogP contribution in [0.3, 0.4) is 0 Å². The molecule has 2 N–H and O–H groups in total. The maximum atomic E-state index is 12.4. The summed E-state index contributed by atoms with van der Waals surface area (Å²) in [4.78, 5) is 5.23. The van der Waals surface area contributed by atoms with Gasteiger partial charge in [-0.15, -0.1) is 0 Å². The first kappa shape index (κ1) is 16.6. The maximum Gasteiger partial charge on any atom is 0.0723 e. The molecule has 0 saturated carbocycles. The summed E-state index contributed by atoms with van der Waals surface area (Å²) in [6.07, 6.45) is 5.30. The molecular formula is C19H22N2O2S. The molecule has 0 aliphatic heterocycles. The Morgan fingerprint density at radius 2 is 1.88 bits per heavy atom. The van der Waals surface area contributed by atoms with Crippen LogP contribution in [0.5, 0.6) is 0 Å². The summed E-state index contributed by atoms with van der Waals surface area (Å²) in [6, 6.07) is 13.5. The zero-order valence-electron chi connectivity index (χ0n) is 14.1. The lowest BCUT2D eigenvalue weighted by atomic mass is 10.1. The van der Waals surface area contributed by atoms with Gasteiger partial charge in [0.1, 0.15) is 0 Å². The van der Waals surface area contributed by atoms with Gasteiger partial charge in [-0.05, 0) is 60.9 Å². The second kappa shape index (κ2) is 6.34. The highest BCUT2D eigenvalue weighted by atomic mass is 32.2. The van der Waals surface area contributed by atoms with E-state index in [2.05, 4.69) is 10.3 Å². The largest absolute Gasteiger partial charge is 0.392 e. The summed E-state index contributed by atoms with van der Waals surface area (Å²) < 4.78 is 12.4. The minimum absolute atomic E-state index is 0.00501. The molecule has 0 unspecified atom stereocenters. The molecule has 0 radical (unpaired) electrons. The number of hydrogen-bond acceptors (Lipinski definition) is 4. The van der Waals surface area contributed by atoms with Gasteiger partial charge in [0, 0.05) is 27.9 Å². The predicted molar refractivity (Wildman–Crippen MR) is 102 cm³/mol. The van der Waals surface area contributed by atoms with Gasteiger partial charge < -0.3 is 10.4 Å². The third-order valence-electron chi connectivity index (χ3n) is 4.10. The third-order valence-corrected chi connectivity index (χ3v) is 5.62. The summed E-state index contributed by atoms with van der Waals surface area (Å²) in [5.74, 6) is 0. The molecule has 126 valence electrons. The van der Waals surface area contributed by atoms with Crippen LogP contribution in [0.2, 0.25) is 0 Å². The normalized spacial score (nSPS) is 12.3. The second-order valence-electron chi connectivity index (χ2n) is 6.34. The Balaban J connectivity index is 2.11. The van der Waals surface area contributed by atoms with E-state index in [0.717, 1.165) is 38.3 Å². The van der Waals surface area contributed by atoms with Crippen LogP contribution in [0, 0.1) is 6.92 Å². The van der Waals surface area contributed by atoms with E-state index in [9.17, 15) is 9.32 Å². The number of thiol groups is 1. The van der Waals surface area contributed by atoms with Gasteiger partial charge in [-0.1, -0.05) is 22.1 Å². The van der Waals surface area contributed by atoms with Crippen molar-refractivity contribution in [1.29, 1.82) is 0 Å². The number of anilines is 2. The molecule has 0 aliphatic rings. The van der Waals surface area contributed by atoms with Crippen molar-refractivity contribution < 1.29 is 9.32 Å². The number of aryl methyl sites for hydroxylation is 1. The van der Waals surface area contributed by atoms with Gasteiger partial charge in [0.25, 0.3) is 0 Å². The Bertz CT molecular complexity index is 947. The fourth-order valence-electron chi connectivity index (χ4n) is 2.63. The second-order valence-corrected chi connectivity index (χ2v) is 9.56. The van der Waals surface area contributed by atoms with Crippen LogP contribution in [-0.4, -0.2) is 26.8 Å². The van der Waals surface area contributed by atoms with Crippen molar-refractivity contribution in [2.45, 2.75) is 18.4 Å². The molecule has 24 heavy (non-hydrogen) atoms. The van der Waals surface area contributed by atoms with Crippen molar-refractivity contribution in [2.24, 2.45) is 0 Å². The highest BCUT2D eigenvalue weighted by Crippen LogP contribution is 2.29. The molecule has 0 saturated heterocycles. The zero-order chi connectivity index (χ0) is 17.3. The summed E-state index contributed by atoms with van der Waals surface area (Å²) in [5, 5.41) is 13.7. The smallest absolute Gasteiger partial charge is 0.0723 e. The summed E-state index contributed by atoms with van der Waals surface area (Å²) >= 11 is 0. The van der Waals surface area contributed by atoms with E-state index >= 15 is 0 Å². The molecule has 5 heteroatoms. The van der Waals surface area contributed by atoms with Crippen molar-refractivity contribution in [2.75, 3.05) is 17.8 Å². The number of nitrogens with one attached hydrogen (secondary N) is 1. The molecule has 3 aromatic rings. The topological polar surface area (TPSA) is 62.2 Å². The summed E-state index contributed by atoms with van der Waals surface area (Å²) in [6.45, 7) is 2.02. The van der Waals surface area contributed by atoms with Crippen molar-refractivity contribution in [3.8, 4) is 0 Å². The molecule has 0 bridgehead atoms. The number of aromatic nitrogens is 1. The van der Waals surface area contributed by atoms with E-state index < -0.39 is 9.93 Å². The van der Waals surface area contributed by atoms with Crippen molar-refractivity contribution in [1.82, 2.24) is 4.98 Å². The molecule has 3 rings (SSSR count). The van der Waals surface area contributed by atoms with Crippen LogP contribution in [0.15, 0.2) is 53.6 Å². The number of aliphatic hydroxyl groups excluding tert-OH is 1. The van der Waals surface area contributed by atoms with E-state index in [0.29, 0.717) is 0 Å². The molecule has 0 fully saturated rings. The van der Waals surface area contributed by atoms with Crippen LogP contribution >= 0.6 is 0 Å². The van der Waals surface area contributed by atoms with Crippen LogP contribution in [0.25, 0.3) is 10.9 Å². The number of aliphatic hydroxyl groups is 1. The van der Waals surface area contributed by atoms with E-state index in [-0.39, 0.29) is 6.61 Å². The van der Waals surface area contributed by atoms with Crippen LogP contribution in [0.1, 0.15) is 11.1 Å². The number of rotatable bonds is 4. The molecule has 1 heterocycles. The Kier molecular flexibility index (Phi) is 4.39. The van der Waals surface area contributed by atoms with Gasteiger partial charge in [0.05, 0.1) is 12.1 Å². The lowest BCUT2D eigenvalue weighted by molar-refractivity contribution is 0.282. The molecular weight excluding hydrogens is 320 g/mol. The fraction of sp³-hybridized carbons (Fsp3) is 0.211. The Morgan fingerprint density at radius 1 is 1.08 bits per heavy atom. The van der Waals surface area contributed by atoms with Gasteiger partial charge in [0.2, 0.25) is 0 Å². The van der Waals surface area contributed by atoms with E-state index in [1.807, 2.05) is 49.4 Å². The lowest BCUT2D eigenvalue weighted by Gasteiger charge is -2.16. The van der Waals surface area contributed by atoms with Crippen molar-refractivity contribution >= 4 is 32.2 Å². The van der Waals surface area contributed by atoms with Gasteiger partial charge in [0.15, 0.2) is 0 Å². The zero-order valence-corrected chi connectivity index (χ0v) is 15.0. The van der Waals surface area contributed by atoms with Crippen molar-refractivity contribution in [3.63, 3.8) is 0 Å². The van der Waals surface area contributed by atoms with Crippen LogP contribution < -0.4 is 5.32 Å². The molecule has 0 aliphatic carbocycles. The third kappa shape index (κ3) is 3.32. The van der Waals surface area contributed by atoms with E-state index in [1.165, 1.54) is 0 Å². The van der Waals surface area contributed by atoms with Gasteiger partial charge >= 0.3 is 0 Å². The highest BCUT2D eigenvalue weighted by molar-refractivity contribution is 8.01. The maximum absolute atomic E-state index is 12.4. The summed E-state index contributed by atoms with van der Waals surface area (Å²) in [7, 11) is -2.34. The predicted octanol–water partition coefficient (Wildman–Crippen LogP) is 3.41. The number of pyridine rings is 1. The number of nitrogens with zero attached hydrogens (tertiary/aromatic N) is 1. The van der Waals surface area contributed by atoms with E-state index in [1.54, 1.807) is 18.7 Å². The number of benzene rings is 2. The summed E-state index contributed by atoms with van der Waals surface area (Å²) in [5.41, 5.74) is 4.65. The Hall–Kier alpha value is -2.24. The quantitative estimate of drug-likeness (QED) is 0.636. The van der Waals surface area contributed by atoms with Crippen molar-refractivity contribution in [3.05, 3.63) is 59.8 Å². The van der Waals surface area contributed by atoms with Gasteiger partial charge in [-0.2, -0.15) is 0 Å². The molecule has 1 aromatic heterocycles. The minimum atomic E-state index is -2.34. The average molecular weight is 342 g/mol. The standard InChI is InChI=1S/C19H22N2O2S/c1-13-4-5-14(12-22)10-19(13)21-18-8-9-20-17-7-6-15(11-16(17)18)24(2,3)23/h4-11,22,24H,12H2,1-3H3,(H,20,21). The van der Waals surface area contributed by atoms with E-state index in [4.69, 9.17) is 0 Å². The van der Waals surface area contributed by atoms with Crippen LogP contribution in [0.4, 0.5) is 11.4 Å². The number of fused-ring (bicyclic) bond motifs is 1. The molecule has 0 atom stereocenters. The number of hydrogen-bond donors (Lipinski definition) is 3. The van der Waals surface area contributed by atoms with Gasteiger partial charge in [-0.3, -0.25) is 9.19 Å². The Morgan fingerprint density at radius 3 is 2.58 bits per heavy atom. The molecule has 2 aromatic carbocycles. The first-order valence-electron chi connectivity index (χ1n) is 7.80.